The Balaban J connectivity index is 2.33. The molecule has 0 radical (unpaired) electrons. The van der Waals surface area contributed by atoms with Gasteiger partial charge in [-0.1, -0.05) is 0 Å². The molecular formula is C15H18F3N3O2. The molecule has 0 spiro atoms. The average Bonchev–Trinajstić information content (AvgIpc) is 2.92. The van der Waals surface area contributed by atoms with Gasteiger partial charge in [0.05, 0.1) is 5.56 Å². The first kappa shape index (κ1) is 17.3. The number of nitrogens with zero attached hydrogens (tertiary/aromatic N) is 1. The highest BCUT2D eigenvalue weighted by Crippen LogP contribution is 2.34. The fourth-order valence-electron chi connectivity index (χ4n) is 2.39. The fourth-order valence-corrected chi connectivity index (χ4v) is 2.39. The molecule has 0 bridgehead atoms. The third-order valence-corrected chi connectivity index (χ3v) is 3.56. The molecule has 0 aliphatic carbocycles. The number of amides is 2. The van der Waals surface area contributed by atoms with Crippen LogP contribution in [0.2, 0.25) is 0 Å². The van der Waals surface area contributed by atoms with Crippen molar-refractivity contribution in [3.05, 3.63) is 29.3 Å². The number of halogens is 3. The van der Waals surface area contributed by atoms with Gasteiger partial charge in [-0.05, 0) is 37.6 Å². The van der Waals surface area contributed by atoms with Crippen molar-refractivity contribution in [2.24, 2.45) is 5.73 Å². The lowest BCUT2D eigenvalue weighted by molar-refractivity contribution is -0.137. The van der Waals surface area contributed by atoms with Crippen LogP contribution in [0.4, 0.5) is 18.9 Å². The molecule has 3 N–H and O–H groups in total. The van der Waals surface area contributed by atoms with Gasteiger partial charge in [0.15, 0.2) is 0 Å². The van der Waals surface area contributed by atoms with E-state index in [1.807, 2.05) is 0 Å². The zero-order valence-electron chi connectivity index (χ0n) is 12.4. The summed E-state index contributed by atoms with van der Waals surface area (Å²) in [7, 11) is 0. The molecule has 0 aromatic heterocycles. The molecule has 2 rings (SSSR count). The summed E-state index contributed by atoms with van der Waals surface area (Å²) in [5.74, 6) is -0.851. The maximum atomic E-state index is 13.1. The van der Waals surface area contributed by atoms with E-state index in [1.165, 1.54) is 11.0 Å². The van der Waals surface area contributed by atoms with Crippen molar-refractivity contribution < 1.29 is 22.8 Å². The molecule has 0 atom stereocenters. The lowest BCUT2D eigenvalue weighted by atomic mass is 10.1. The summed E-state index contributed by atoms with van der Waals surface area (Å²) in [6, 6.07) is 3.01. The fraction of sp³-hybridized carbons (Fsp3) is 0.467. The zero-order valence-corrected chi connectivity index (χ0v) is 12.4. The van der Waals surface area contributed by atoms with Gasteiger partial charge in [-0.25, -0.2) is 0 Å². The quantitative estimate of drug-likeness (QED) is 0.810. The number of hydrogen-bond donors (Lipinski definition) is 2. The molecule has 23 heavy (non-hydrogen) atoms. The number of alkyl halides is 3. The molecule has 1 aliphatic heterocycles. The first-order valence-electron chi connectivity index (χ1n) is 7.34. The Labute approximate surface area is 131 Å². The van der Waals surface area contributed by atoms with Crippen LogP contribution in [-0.4, -0.2) is 31.4 Å². The van der Waals surface area contributed by atoms with E-state index in [0.717, 1.165) is 12.1 Å². The molecule has 1 aromatic rings. The van der Waals surface area contributed by atoms with Crippen LogP contribution >= 0.6 is 0 Å². The molecule has 1 aromatic carbocycles. The summed E-state index contributed by atoms with van der Waals surface area (Å²) in [5.41, 5.74) is 4.35. The van der Waals surface area contributed by atoms with E-state index in [2.05, 4.69) is 5.32 Å². The standard InChI is InChI=1S/C15H18F3N3O2/c16-15(17,18)11-7-10(14(23)20-5-2-4-19)8-12(9-11)21-6-1-3-13(21)22/h7-9H,1-6,19H2,(H,20,23). The predicted octanol–water partition coefficient (Wildman–Crippen LogP) is 1.91. The van der Waals surface area contributed by atoms with Gasteiger partial charge >= 0.3 is 6.18 Å². The van der Waals surface area contributed by atoms with Gasteiger partial charge in [0.25, 0.3) is 5.91 Å². The van der Waals surface area contributed by atoms with E-state index in [1.54, 1.807) is 0 Å². The minimum Gasteiger partial charge on any atom is -0.352 e. The zero-order chi connectivity index (χ0) is 17.0. The molecule has 1 heterocycles. The van der Waals surface area contributed by atoms with Gasteiger partial charge in [-0.15, -0.1) is 0 Å². The molecule has 2 amide bonds. The van der Waals surface area contributed by atoms with E-state index in [4.69, 9.17) is 5.73 Å². The first-order valence-corrected chi connectivity index (χ1v) is 7.34. The topological polar surface area (TPSA) is 75.4 Å². The number of nitrogens with two attached hydrogens (primary N) is 1. The molecule has 1 fully saturated rings. The van der Waals surface area contributed by atoms with Crippen LogP contribution in [0, 0.1) is 0 Å². The number of carbonyl (C=O) groups is 2. The number of rotatable bonds is 5. The SMILES string of the molecule is NCCCNC(=O)c1cc(N2CCCC2=O)cc(C(F)(F)F)c1. The lowest BCUT2D eigenvalue weighted by Crippen LogP contribution is -2.28. The van der Waals surface area contributed by atoms with Gasteiger partial charge in [-0.3, -0.25) is 9.59 Å². The van der Waals surface area contributed by atoms with Crippen molar-refractivity contribution in [3.63, 3.8) is 0 Å². The summed E-state index contributed by atoms with van der Waals surface area (Å²) < 4.78 is 39.2. The predicted molar refractivity (Wildman–Crippen MR) is 79.0 cm³/mol. The van der Waals surface area contributed by atoms with E-state index < -0.39 is 17.6 Å². The van der Waals surface area contributed by atoms with E-state index in [-0.39, 0.29) is 23.7 Å². The smallest absolute Gasteiger partial charge is 0.352 e. The van der Waals surface area contributed by atoms with E-state index >= 15 is 0 Å². The van der Waals surface area contributed by atoms with E-state index in [9.17, 15) is 22.8 Å². The van der Waals surface area contributed by atoms with Crippen LogP contribution in [0.25, 0.3) is 0 Å². The minimum absolute atomic E-state index is 0.103. The Morgan fingerprint density at radius 2 is 2.04 bits per heavy atom. The monoisotopic (exact) mass is 329 g/mol. The van der Waals surface area contributed by atoms with E-state index in [0.29, 0.717) is 32.4 Å². The molecule has 0 saturated carbocycles. The minimum atomic E-state index is -4.59. The number of hydrogen-bond acceptors (Lipinski definition) is 3. The maximum Gasteiger partial charge on any atom is 0.416 e. The maximum absolute atomic E-state index is 13.1. The Hall–Kier alpha value is -2.09. The van der Waals surface area contributed by atoms with Crippen molar-refractivity contribution in [3.8, 4) is 0 Å². The highest BCUT2D eigenvalue weighted by Gasteiger charge is 2.33. The lowest BCUT2D eigenvalue weighted by Gasteiger charge is -2.19. The second-order valence-corrected chi connectivity index (χ2v) is 5.31. The molecular weight excluding hydrogens is 311 g/mol. The Morgan fingerprint density at radius 3 is 2.61 bits per heavy atom. The molecule has 1 saturated heterocycles. The molecule has 126 valence electrons. The number of carbonyl (C=O) groups excluding carboxylic acids is 2. The number of nitrogens with one attached hydrogen (secondary N) is 1. The Bertz CT molecular complexity index is 602. The molecule has 5 nitrogen and oxygen atoms in total. The van der Waals surface area contributed by atoms with Crippen LogP contribution in [0.3, 0.4) is 0 Å². The van der Waals surface area contributed by atoms with Gasteiger partial charge in [0, 0.05) is 30.8 Å². The molecule has 1 aliphatic rings. The summed E-state index contributed by atoms with van der Waals surface area (Å²) in [6.45, 7) is 1.01. The summed E-state index contributed by atoms with van der Waals surface area (Å²) in [5, 5.41) is 2.52. The van der Waals surface area contributed by atoms with Gasteiger partial charge < -0.3 is 16.0 Å². The Morgan fingerprint density at radius 1 is 1.30 bits per heavy atom. The summed E-state index contributed by atoms with van der Waals surface area (Å²) in [4.78, 5) is 25.1. The second-order valence-electron chi connectivity index (χ2n) is 5.31. The third kappa shape index (κ3) is 4.22. The van der Waals surface area contributed by atoms with Crippen molar-refractivity contribution in [1.82, 2.24) is 5.32 Å². The average molecular weight is 329 g/mol. The van der Waals surface area contributed by atoms with Crippen LogP contribution < -0.4 is 16.0 Å². The van der Waals surface area contributed by atoms with Crippen LogP contribution in [0.1, 0.15) is 35.2 Å². The Kier molecular flexibility index (Phi) is 5.25. The summed E-state index contributed by atoms with van der Waals surface area (Å²) in [6.07, 6.45) is -3.17. The van der Waals surface area contributed by atoms with Crippen molar-refractivity contribution >= 4 is 17.5 Å². The number of anilines is 1. The highest BCUT2D eigenvalue weighted by atomic mass is 19.4. The van der Waals surface area contributed by atoms with Crippen LogP contribution in [-0.2, 0) is 11.0 Å². The third-order valence-electron chi connectivity index (χ3n) is 3.56. The van der Waals surface area contributed by atoms with Gasteiger partial charge in [-0.2, -0.15) is 13.2 Å². The van der Waals surface area contributed by atoms with Crippen molar-refractivity contribution in [2.45, 2.75) is 25.4 Å². The molecule has 0 unspecified atom stereocenters. The second kappa shape index (κ2) is 6.99. The number of benzene rings is 1. The van der Waals surface area contributed by atoms with Gasteiger partial charge in [0.2, 0.25) is 5.91 Å². The largest absolute Gasteiger partial charge is 0.416 e. The molecule has 8 heteroatoms. The normalized spacial score (nSPS) is 15.1. The van der Waals surface area contributed by atoms with Crippen LogP contribution in [0.5, 0.6) is 0 Å². The first-order chi connectivity index (χ1) is 10.8. The van der Waals surface area contributed by atoms with Crippen molar-refractivity contribution in [2.75, 3.05) is 24.5 Å². The summed E-state index contributed by atoms with van der Waals surface area (Å²) >= 11 is 0. The van der Waals surface area contributed by atoms with Crippen LogP contribution in [0.15, 0.2) is 18.2 Å². The van der Waals surface area contributed by atoms with Gasteiger partial charge in [0.1, 0.15) is 0 Å². The highest BCUT2D eigenvalue weighted by molar-refractivity contribution is 5.99. The van der Waals surface area contributed by atoms with Crippen molar-refractivity contribution in [1.29, 1.82) is 0 Å².